The van der Waals surface area contributed by atoms with Crippen LogP contribution in [0.2, 0.25) is 0 Å². The second-order valence-corrected chi connectivity index (χ2v) is 8.63. The molecule has 1 saturated heterocycles. The average Bonchev–Trinajstić information content (AvgIpc) is 2.90. The average molecular weight is 474 g/mol. The molecule has 2 aromatic carbocycles. The second kappa shape index (κ2) is 11.0. The van der Waals surface area contributed by atoms with Crippen LogP contribution in [0.1, 0.15) is 35.7 Å². The van der Waals surface area contributed by atoms with E-state index in [0.29, 0.717) is 17.9 Å². The van der Waals surface area contributed by atoms with Crippen molar-refractivity contribution in [3.63, 3.8) is 0 Å². The Morgan fingerprint density at radius 1 is 1.09 bits per heavy atom. The topological polar surface area (TPSA) is 80.8 Å². The van der Waals surface area contributed by atoms with Gasteiger partial charge in [0.15, 0.2) is 0 Å². The van der Waals surface area contributed by atoms with Crippen molar-refractivity contribution < 1.29 is 19.1 Å². The van der Waals surface area contributed by atoms with E-state index in [2.05, 4.69) is 15.2 Å². The van der Waals surface area contributed by atoms with Crippen molar-refractivity contribution in [3.05, 3.63) is 71.9 Å². The van der Waals surface area contributed by atoms with Crippen LogP contribution >= 0.6 is 0 Å². The van der Waals surface area contributed by atoms with E-state index in [1.807, 2.05) is 62.4 Å². The van der Waals surface area contributed by atoms with E-state index < -0.39 is 0 Å². The van der Waals surface area contributed by atoms with Crippen LogP contribution in [0.25, 0.3) is 11.1 Å². The number of carbonyl (C=O) groups is 2. The summed E-state index contributed by atoms with van der Waals surface area (Å²) >= 11 is 0. The number of methoxy groups -OCH3 is 1. The van der Waals surface area contributed by atoms with Gasteiger partial charge in [-0.05, 0) is 79.8 Å². The van der Waals surface area contributed by atoms with Crippen molar-refractivity contribution >= 4 is 23.4 Å². The number of esters is 1. The number of aromatic nitrogens is 1. The Morgan fingerprint density at radius 3 is 2.57 bits per heavy atom. The van der Waals surface area contributed by atoms with Crippen molar-refractivity contribution in [2.45, 2.75) is 26.7 Å². The van der Waals surface area contributed by atoms with Crippen LogP contribution in [0.3, 0.4) is 0 Å². The molecule has 0 radical (unpaired) electrons. The number of hydrogen-bond donors (Lipinski definition) is 1. The van der Waals surface area contributed by atoms with Gasteiger partial charge in [-0.1, -0.05) is 18.2 Å². The molecule has 0 aliphatic carbocycles. The van der Waals surface area contributed by atoms with Gasteiger partial charge in [0.05, 0.1) is 25.2 Å². The lowest BCUT2D eigenvalue weighted by Gasteiger charge is -2.31. The number of rotatable bonds is 7. The minimum absolute atomic E-state index is 0.0485. The van der Waals surface area contributed by atoms with Crippen LogP contribution < -0.4 is 15.0 Å². The van der Waals surface area contributed by atoms with Crippen molar-refractivity contribution in [2.24, 2.45) is 5.92 Å². The maximum Gasteiger partial charge on any atom is 0.309 e. The number of piperidine rings is 1. The normalized spacial score (nSPS) is 13.9. The molecule has 0 saturated carbocycles. The Labute approximate surface area is 206 Å². The van der Waals surface area contributed by atoms with Crippen LogP contribution in [0.15, 0.2) is 60.8 Å². The van der Waals surface area contributed by atoms with E-state index in [4.69, 9.17) is 9.47 Å². The Hall–Kier alpha value is -3.87. The standard InChI is InChI=1S/C28H31N3O4/c1-4-35-28(33)20-12-14-31(15-13-20)26-11-9-22(18-29-26)27(32)30-23-10-8-19(2)25(17-23)21-6-5-7-24(16-21)34-3/h5-11,16-18,20H,4,12-15H2,1-3H3,(H,30,32). The number of amides is 1. The molecule has 1 amide bonds. The van der Waals surface area contributed by atoms with E-state index in [0.717, 1.165) is 54.2 Å². The number of nitrogens with one attached hydrogen (secondary N) is 1. The van der Waals surface area contributed by atoms with Gasteiger partial charge in [0.25, 0.3) is 5.91 Å². The SMILES string of the molecule is CCOC(=O)C1CCN(c2ccc(C(=O)Nc3ccc(C)c(-c4cccc(OC)c4)c3)cn2)CC1. The molecule has 1 aliphatic rings. The molecule has 1 aromatic heterocycles. The minimum atomic E-state index is -0.217. The monoisotopic (exact) mass is 473 g/mol. The quantitative estimate of drug-likeness (QED) is 0.481. The van der Waals surface area contributed by atoms with Gasteiger partial charge in [-0.2, -0.15) is 0 Å². The highest BCUT2D eigenvalue weighted by atomic mass is 16.5. The summed E-state index contributed by atoms with van der Waals surface area (Å²) in [6, 6.07) is 17.4. The summed E-state index contributed by atoms with van der Waals surface area (Å²) < 4.78 is 10.5. The molecule has 0 spiro atoms. The van der Waals surface area contributed by atoms with Crippen LogP contribution in [0, 0.1) is 12.8 Å². The lowest BCUT2D eigenvalue weighted by molar-refractivity contribution is -0.148. The summed E-state index contributed by atoms with van der Waals surface area (Å²) in [6.45, 7) is 5.75. The van der Waals surface area contributed by atoms with E-state index >= 15 is 0 Å². The van der Waals surface area contributed by atoms with Crippen molar-refractivity contribution in [1.29, 1.82) is 0 Å². The van der Waals surface area contributed by atoms with Crippen LogP contribution in [0.5, 0.6) is 5.75 Å². The molecule has 1 aliphatic heterocycles. The summed E-state index contributed by atoms with van der Waals surface area (Å²) in [6.07, 6.45) is 3.08. The third-order valence-corrected chi connectivity index (χ3v) is 6.33. The molecule has 0 bridgehead atoms. The summed E-state index contributed by atoms with van der Waals surface area (Å²) in [5.41, 5.74) is 4.35. The highest BCUT2D eigenvalue weighted by Gasteiger charge is 2.26. The third-order valence-electron chi connectivity index (χ3n) is 6.33. The van der Waals surface area contributed by atoms with Crippen LogP contribution in [-0.2, 0) is 9.53 Å². The fourth-order valence-corrected chi connectivity index (χ4v) is 4.32. The first-order valence-electron chi connectivity index (χ1n) is 11.9. The molecule has 4 rings (SSSR count). The zero-order valence-electron chi connectivity index (χ0n) is 20.4. The number of carbonyl (C=O) groups excluding carboxylic acids is 2. The highest BCUT2D eigenvalue weighted by molar-refractivity contribution is 6.04. The van der Waals surface area contributed by atoms with Gasteiger partial charge in [0.2, 0.25) is 0 Å². The van der Waals surface area contributed by atoms with Gasteiger partial charge < -0.3 is 19.7 Å². The number of hydrogen-bond acceptors (Lipinski definition) is 6. The van der Waals surface area contributed by atoms with Crippen molar-refractivity contribution in [3.8, 4) is 16.9 Å². The zero-order valence-corrected chi connectivity index (χ0v) is 20.4. The molecule has 3 aromatic rings. The minimum Gasteiger partial charge on any atom is -0.497 e. The predicted molar refractivity (Wildman–Crippen MR) is 137 cm³/mol. The van der Waals surface area contributed by atoms with Gasteiger partial charge in [0, 0.05) is 25.0 Å². The fraction of sp³-hybridized carbons (Fsp3) is 0.321. The Bertz CT molecular complexity index is 1190. The second-order valence-electron chi connectivity index (χ2n) is 8.63. The van der Waals surface area contributed by atoms with E-state index in [1.165, 1.54) is 0 Å². The molecule has 7 nitrogen and oxygen atoms in total. The number of nitrogens with zero attached hydrogens (tertiary/aromatic N) is 2. The van der Waals surface area contributed by atoms with Gasteiger partial charge >= 0.3 is 5.97 Å². The molecule has 0 atom stereocenters. The van der Waals surface area contributed by atoms with Gasteiger partial charge in [-0.25, -0.2) is 4.98 Å². The first-order valence-corrected chi connectivity index (χ1v) is 11.9. The maximum atomic E-state index is 12.9. The summed E-state index contributed by atoms with van der Waals surface area (Å²) in [5, 5.41) is 2.98. The maximum absolute atomic E-state index is 12.9. The third kappa shape index (κ3) is 5.80. The van der Waals surface area contributed by atoms with Gasteiger partial charge in [-0.3, -0.25) is 9.59 Å². The predicted octanol–water partition coefficient (Wildman–Crippen LogP) is 5.10. The number of anilines is 2. The Morgan fingerprint density at radius 2 is 1.89 bits per heavy atom. The number of benzene rings is 2. The van der Waals surface area contributed by atoms with Gasteiger partial charge in [0.1, 0.15) is 11.6 Å². The smallest absolute Gasteiger partial charge is 0.309 e. The molecule has 0 unspecified atom stereocenters. The molecular weight excluding hydrogens is 442 g/mol. The van der Waals surface area contributed by atoms with E-state index in [-0.39, 0.29) is 17.8 Å². The van der Waals surface area contributed by atoms with E-state index in [9.17, 15) is 9.59 Å². The fourth-order valence-electron chi connectivity index (χ4n) is 4.32. The Balaban J connectivity index is 1.41. The number of pyridine rings is 1. The number of ether oxygens (including phenoxy) is 2. The molecular formula is C28H31N3O4. The van der Waals surface area contributed by atoms with Gasteiger partial charge in [-0.15, -0.1) is 0 Å². The van der Waals surface area contributed by atoms with Crippen LogP contribution in [0.4, 0.5) is 11.5 Å². The summed E-state index contributed by atoms with van der Waals surface area (Å²) in [7, 11) is 1.65. The summed E-state index contributed by atoms with van der Waals surface area (Å²) in [5.74, 6) is 1.21. The Kier molecular flexibility index (Phi) is 7.65. The molecule has 1 fully saturated rings. The number of aryl methyl sites for hydroxylation is 1. The highest BCUT2D eigenvalue weighted by Crippen LogP contribution is 2.29. The van der Waals surface area contributed by atoms with Crippen molar-refractivity contribution in [1.82, 2.24) is 4.98 Å². The van der Waals surface area contributed by atoms with E-state index in [1.54, 1.807) is 19.4 Å². The largest absolute Gasteiger partial charge is 0.497 e. The molecule has 1 N–H and O–H groups in total. The molecule has 7 heteroatoms. The van der Waals surface area contributed by atoms with Crippen molar-refractivity contribution in [2.75, 3.05) is 37.0 Å². The molecule has 35 heavy (non-hydrogen) atoms. The zero-order chi connectivity index (χ0) is 24.8. The first kappa shape index (κ1) is 24.3. The molecule has 182 valence electrons. The molecule has 2 heterocycles. The lowest BCUT2D eigenvalue weighted by atomic mass is 9.97. The lowest BCUT2D eigenvalue weighted by Crippen LogP contribution is -2.37. The first-order chi connectivity index (χ1) is 17.0. The summed E-state index contributed by atoms with van der Waals surface area (Å²) in [4.78, 5) is 31.5. The van der Waals surface area contributed by atoms with Crippen LogP contribution in [-0.4, -0.2) is 43.7 Å².